The van der Waals surface area contributed by atoms with Crippen LogP contribution < -0.4 is 0 Å². The van der Waals surface area contributed by atoms with Gasteiger partial charge in [-0.25, -0.2) is 14.2 Å². The van der Waals surface area contributed by atoms with Crippen molar-refractivity contribution < 1.29 is 23.5 Å². The topological polar surface area (TPSA) is 68.2 Å². The number of thioether (sulfide) groups is 1. The Morgan fingerprint density at radius 3 is 2.81 bits per heavy atom. The molecule has 0 aliphatic carbocycles. The summed E-state index contributed by atoms with van der Waals surface area (Å²) >= 11 is 1.37. The average molecular weight is 392 g/mol. The Hall–Kier alpha value is -2.19. The second-order valence-corrected chi connectivity index (χ2v) is 7.37. The number of rotatable bonds is 6. The number of esters is 1. The molecule has 0 radical (unpaired) electrons. The molecular formula is C19H21FN2O4S. The standard InChI is InChI=1S/C19H21FN2O4S/c1-4-14-17(23)22-16(12-6-5-7-13(20)10-12)15(11(2)21-19(22)27-14)18(24)26-9-8-25-3/h5-7,10,14,16H,4,8-9H2,1-3H3. The molecule has 2 aliphatic heterocycles. The molecule has 1 fully saturated rings. The van der Waals surface area contributed by atoms with Crippen molar-refractivity contribution in [2.75, 3.05) is 20.3 Å². The maximum absolute atomic E-state index is 13.9. The van der Waals surface area contributed by atoms with Gasteiger partial charge in [-0.1, -0.05) is 30.8 Å². The predicted octanol–water partition coefficient (Wildman–Crippen LogP) is 3.05. The summed E-state index contributed by atoms with van der Waals surface area (Å²) in [4.78, 5) is 31.6. The number of hydrogen-bond donors (Lipinski definition) is 0. The van der Waals surface area contributed by atoms with Gasteiger partial charge in [-0.15, -0.1) is 0 Å². The maximum atomic E-state index is 13.9. The third-order valence-electron chi connectivity index (χ3n) is 4.43. The largest absolute Gasteiger partial charge is 0.460 e. The van der Waals surface area contributed by atoms with Gasteiger partial charge >= 0.3 is 5.97 Å². The minimum absolute atomic E-state index is 0.0822. The summed E-state index contributed by atoms with van der Waals surface area (Å²) < 4.78 is 24.1. The fraction of sp³-hybridized carbons (Fsp3) is 0.421. The summed E-state index contributed by atoms with van der Waals surface area (Å²) in [6.45, 7) is 3.96. The van der Waals surface area contributed by atoms with Crippen LogP contribution in [-0.4, -0.2) is 47.5 Å². The van der Waals surface area contributed by atoms with Crippen LogP contribution in [0.2, 0.25) is 0 Å². The van der Waals surface area contributed by atoms with Gasteiger partial charge in [0, 0.05) is 7.11 Å². The van der Waals surface area contributed by atoms with E-state index in [2.05, 4.69) is 4.99 Å². The summed E-state index contributed by atoms with van der Waals surface area (Å²) in [7, 11) is 1.51. The SMILES string of the molecule is CCC1SC2=NC(C)=C(C(=O)OCCOC)C(c3cccc(F)c3)N2C1=O. The molecule has 3 rings (SSSR count). The van der Waals surface area contributed by atoms with E-state index in [4.69, 9.17) is 9.47 Å². The van der Waals surface area contributed by atoms with E-state index in [9.17, 15) is 14.0 Å². The zero-order chi connectivity index (χ0) is 19.6. The van der Waals surface area contributed by atoms with Gasteiger partial charge in [0.2, 0.25) is 5.91 Å². The van der Waals surface area contributed by atoms with Gasteiger partial charge in [0.15, 0.2) is 5.17 Å². The van der Waals surface area contributed by atoms with E-state index in [1.807, 2.05) is 6.92 Å². The van der Waals surface area contributed by atoms with Crippen LogP contribution in [0.4, 0.5) is 4.39 Å². The van der Waals surface area contributed by atoms with Gasteiger partial charge < -0.3 is 9.47 Å². The fourth-order valence-corrected chi connectivity index (χ4v) is 4.27. The lowest BCUT2D eigenvalue weighted by Gasteiger charge is -2.33. The Kier molecular flexibility index (Phi) is 5.96. The van der Waals surface area contributed by atoms with Crippen molar-refractivity contribution in [3.05, 3.63) is 46.9 Å². The van der Waals surface area contributed by atoms with Gasteiger partial charge in [-0.2, -0.15) is 0 Å². The first-order valence-corrected chi connectivity index (χ1v) is 9.56. The van der Waals surface area contributed by atoms with Gasteiger partial charge in [0.1, 0.15) is 12.4 Å². The molecule has 0 saturated carbocycles. The zero-order valence-electron chi connectivity index (χ0n) is 15.4. The lowest BCUT2D eigenvalue weighted by Crippen LogP contribution is -2.41. The fourth-order valence-electron chi connectivity index (χ4n) is 3.14. The highest BCUT2D eigenvalue weighted by atomic mass is 32.2. The molecule has 2 unspecified atom stereocenters. The first-order chi connectivity index (χ1) is 13.0. The van der Waals surface area contributed by atoms with Crippen LogP contribution in [0.25, 0.3) is 0 Å². The third-order valence-corrected chi connectivity index (χ3v) is 5.75. The molecule has 6 nitrogen and oxygen atoms in total. The smallest absolute Gasteiger partial charge is 0.338 e. The van der Waals surface area contributed by atoms with Gasteiger partial charge in [0.05, 0.1) is 29.2 Å². The summed E-state index contributed by atoms with van der Waals surface area (Å²) in [5, 5.41) is 0.267. The predicted molar refractivity (Wildman–Crippen MR) is 101 cm³/mol. The molecule has 1 aromatic rings. The Morgan fingerprint density at radius 2 is 2.15 bits per heavy atom. The van der Waals surface area contributed by atoms with Crippen LogP contribution in [0.1, 0.15) is 31.9 Å². The zero-order valence-corrected chi connectivity index (χ0v) is 16.2. The normalized spacial score (nSPS) is 22.0. The molecule has 2 heterocycles. The van der Waals surface area contributed by atoms with Crippen LogP contribution in [0.5, 0.6) is 0 Å². The van der Waals surface area contributed by atoms with Crippen molar-refractivity contribution in [1.82, 2.24) is 4.90 Å². The lowest BCUT2D eigenvalue weighted by molar-refractivity contribution is -0.141. The molecule has 8 heteroatoms. The van der Waals surface area contributed by atoms with Crippen LogP contribution in [0.3, 0.4) is 0 Å². The Labute approximate surface area is 161 Å². The van der Waals surface area contributed by atoms with Crippen LogP contribution in [-0.2, 0) is 19.1 Å². The number of carbonyl (C=O) groups excluding carboxylic acids is 2. The molecule has 0 spiro atoms. The van der Waals surface area contributed by atoms with Gasteiger partial charge in [-0.05, 0) is 31.0 Å². The van der Waals surface area contributed by atoms with Crippen LogP contribution in [0.15, 0.2) is 40.5 Å². The monoisotopic (exact) mass is 392 g/mol. The minimum atomic E-state index is -0.764. The van der Waals surface area contributed by atoms with E-state index in [0.717, 1.165) is 0 Å². The number of aliphatic imine (C=N–C) groups is 1. The number of nitrogens with zero attached hydrogens (tertiary/aromatic N) is 2. The van der Waals surface area contributed by atoms with Crippen LogP contribution in [0, 0.1) is 5.82 Å². The van der Waals surface area contributed by atoms with E-state index < -0.39 is 17.8 Å². The first kappa shape index (κ1) is 19.6. The number of amidine groups is 1. The molecule has 27 heavy (non-hydrogen) atoms. The van der Waals surface area contributed by atoms with Crippen molar-refractivity contribution in [2.24, 2.45) is 4.99 Å². The molecule has 0 N–H and O–H groups in total. The number of benzene rings is 1. The summed E-state index contributed by atoms with van der Waals surface area (Å²) in [5.74, 6) is -1.16. The van der Waals surface area contributed by atoms with Crippen molar-refractivity contribution in [3.63, 3.8) is 0 Å². The minimum Gasteiger partial charge on any atom is -0.460 e. The van der Waals surface area contributed by atoms with Crippen LogP contribution >= 0.6 is 11.8 Å². The van der Waals surface area contributed by atoms with E-state index in [1.54, 1.807) is 19.1 Å². The second-order valence-electron chi connectivity index (χ2n) is 6.20. The highest BCUT2D eigenvalue weighted by molar-refractivity contribution is 8.15. The second kappa shape index (κ2) is 8.22. The number of amides is 1. The third kappa shape index (κ3) is 3.77. The molecule has 1 amide bonds. The number of allylic oxidation sites excluding steroid dienone is 1. The summed E-state index contributed by atoms with van der Waals surface area (Å²) in [6, 6.07) is 5.15. The maximum Gasteiger partial charge on any atom is 0.338 e. The first-order valence-electron chi connectivity index (χ1n) is 8.68. The Balaban J connectivity index is 2.05. The van der Waals surface area contributed by atoms with Crippen molar-refractivity contribution in [2.45, 2.75) is 31.6 Å². The van der Waals surface area contributed by atoms with Crippen molar-refractivity contribution in [1.29, 1.82) is 0 Å². The molecule has 1 aromatic carbocycles. The number of carbonyl (C=O) groups is 2. The number of methoxy groups -OCH3 is 1. The van der Waals surface area contributed by atoms with E-state index in [1.165, 1.54) is 35.9 Å². The highest BCUT2D eigenvalue weighted by Gasteiger charge is 2.47. The van der Waals surface area contributed by atoms with E-state index >= 15 is 0 Å². The number of fused-ring (bicyclic) bond motifs is 1. The average Bonchev–Trinajstić information content (AvgIpc) is 2.96. The molecule has 1 saturated heterocycles. The number of ether oxygens (including phenoxy) is 2. The van der Waals surface area contributed by atoms with E-state index in [0.29, 0.717) is 22.8 Å². The quantitative estimate of drug-likeness (QED) is 0.550. The van der Waals surface area contributed by atoms with Crippen molar-refractivity contribution in [3.8, 4) is 0 Å². The van der Waals surface area contributed by atoms with Gasteiger partial charge in [0.25, 0.3) is 0 Å². The lowest BCUT2D eigenvalue weighted by atomic mass is 9.94. The summed E-state index contributed by atoms with van der Waals surface area (Å²) in [6.07, 6.45) is 0.640. The highest BCUT2D eigenvalue weighted by Crippen LogP contribution is 2.44. The van der Waals surface area contributed by atoms with Gasteiger partial charge in [-0.3, -0.25) is 9.69 Å². The molecule has 2 aliphatic rings. The molecule has 0 aromatic heterocycles. The Bertz CT molecular complexity index is 824. The number of halogens is 1. The summed E-state index contributed by atoms with van der Waals surface area (Å²) in [5.41, 5.74) is 1.22. The molecule has 2 atom stereocenters. The van der Waals surface area contributed by atoms with E-state index in [-0.39, 0.29) is 29.9 Å². The molecule has 0 bridgehead atoms. The van der Waals surface area contributed by atoms with Crippen molar-refractivity contribution >= 4 is 28.8 Å². The molecular weight excluding hydrogens is 371 g/mol. The number of hydrogen-bond acceptors (Lipinski definition) is 6. The molecule has 144 valence electrons. The Morgan fingerprint density at radius 1 is 1.37 bits per heavy atom.